The molecule has 2 heteroatoms. The number of ether oxygens (including phenoxy) is 1. The Morgan fingerprint density at radius 2 is 1.90 bits per heavy atom. The monoisotopic (exact) mass is 274 g/mol. The number of hydrogen-bond acceptors (Lipinski definition) is 2. The fourth-order valence-electron chi connectivity index (χ4n) is 2.82. The van der Waals surface area contributed by atoms with Crippen LogP contribution < -0.4 is 4.74 Å². The molecule has 2 rings (SSSR count). The predicted molar refractivity (Wildman–Crippen MR) is 82.1 cm³/mol. The highest BCUT2D eigenvalue weighted by Crippen LogP contribution is 2.28. The zero-order valence-electron chi connectivity index (χ0n) is 12.6. The first kappa shape index (κ1) is 15.1. The molecule has 1 aromatic rings. The molecule has 1 unspecified atom stereocenters. The van der Waals surface area contributed by atoms with E-state index in [1.165, 1.54) is 37.7 Å². The van der Waals surface area contributed by atoms with Crippen LogP contribution in [0.2, 0.25) is 0 Å². The standard InChI is InChI=1S/C18H26O2/c1-2-3-4-5-6-7-11-17(19)16-13-15-10-8-9-12-18(15)20-14-16/h8-10,12,16H,2-7,11,13-14H2,1H3. The van der Waals surface area contributed by atoms with E-state index in [4.69, 9.17) is 4.74 Å². The van der Waals surface area contributed by atoms with Gasteiger partial charge in [-0.15, -0.1) is 0 Å². The maximum atomic E-state index is 12.2. The molecule has 0 N–H and O–H groups in total. The fraction of sp³-hybridized carbons (Fsp3) is 0.611. The Morgan fingerprint density at radius 3 is 2.75 bits per heavy atom. The number of para-hydroxylation sites is 1. The van der Waals surface area contributed by atoms with Gasteiger partial charge in [0.2, 0.25) is 0 Å². The molecule has 1 aliphatic rings. The molecule has 0 saturated heterocycles. The molecule has 0 bridgehead atoms. The predicted octanol–water partition coefficient (Wildman–Crippen LogP) is 4.56. The minimum atomic E-state index is 0.0699. The van der Waals surface area contributed by atoms with Gasteiger partial charge in [-0.25, -0.2) is 0 Å². The lowest BCUT2D eigenvalue weighted by atomic mass is 9.90. The van der Waals surface area contributed by atoms with Gasteiger partial charge in [0, 0.05) is 6.42 Å². The van der Waals surface area contributed by atoms with E-state index in [-0.39, 0.29) is 5.92 Å². The fourth-order valence-corrected chi connectivity index (χ4v) is 2.82. The zero-order valence-corrected chi connectivity index (χ0v) is 12.6. The molecule has 0 aliphatic carbocycles. The number of rotatable bonds is 8. The van der Waals surface area contributed by atoms with Crippen molar-refractivity contribution in [2.45, 2.75) is 58.3 Å². The molecule has 0 aromatic heterocycles. The van der Waals surface area contributed by atoms with Crippen LogP contribution in [0.1, 0.15) is 57.4 Å². The maximum absolute atomic E-state index is 12.2. The van der Waals surface area contributed by atoms with Crippen molar-refractivity contribution in [3.63, 3.8) is 0 Å². The molecule has 0 amide bonds. The van der Waals surface area contributed by atoms with Crippen molar-refractivity contribution >= 4 is 5.78 Å². The van der Waals surface area contributed by atoms with E-state index in [1.54, 1.807) is 0 Å². The summed E-state index contributed by atoms with van der Waals surface area (Å²) in [5, 5.41) is 0. The lowest BCUT2D eigenvalue weighted by Crippen LogP contribution is -2.28. The molecule has 0 saturated carbocycles. The zero-order chi connectivity index (χ0) is 14.2. The highest BCUT2D eigenvalue weighted by molar-refractivity contribution is 5.81. The van der Waals surface area contributed by atoms with Crippen LogP contribution in [0.4, 0.5) is 0 Å². The third-order valence-electron chi connectivity index (χ3n) is 4.11. The highest BCUT2D eigenvalue weighted by Gasteiger charge is 2.24. The van der Waals surface area contributed by atoms with Gasteiger partial charge >= 0.3 is 0 Å². The molecule has 1 aromatic carbocycles. The molecule has 20 heavy (non-hydrogen) atoms. The normalized spacial score (nSPS) is 17.4. The summed E-state index contributed by atoms with van der Waals surface area (Å²) in [7, 11) is 0. The summed E-state index contributed by atoms with van der Waals surface area (Å²) in [6.45, 7) is 2.79. The maximum Gasteiger partial charge on any atom is 0.139 e. The van der Waals surface area contributed by atoms with Crippen molar-refractivity contribution < 1.29 is 9.53 Å². The lowest BCUT2D eigenvalue weighted by Gasteiger charge is -2.24. The molecule has 110 valence electrons. The first-order valence-electron chi connectivity index (χ1n) is 8.04. The van der Waals surface area contributed by atoms with Crippen LogP contribution in [-0.4, -0.2) is 12.4 Å². The van der Waals surface area contributed by atoms with Crippen molar-refractivity contribution in [1.29, 1.82) is 0 Å². The average Bonchev–Trinajstić information content (AvgIpc) is 2.50. The third-order valence-corrected chi connectivity index (χ3v) is 4.11. The van der Waals surface area contributed by atoms with Crippen LogP contribution in [0.25, 0.3) is 0 Å². The van der Waals surface area contributed by atoms with Crippen molar-refractivity contribution in [1.82, 2.24) is 0 Å². The van der Waals surface area contributed by atoms with Crippen molar-refractivity contribution in [2.24, 2.45) is 5.92 Å². The Hall–Kier alpha value is -1.31. The molecule has 1 atom stereocenters. The Kier molecular flexibility index (Phi) is 6.10. The van der Waals surface area contributed by atoms with Crippen LogP contribution in [-0.2, 0) is 11.2 Å². The summed E-state index contributed by atoms with van der Waals surface area (Å²) < 4.78 is 5.70. The molecule has 1 aliphatic heterocycles. The second-order valence-electron chi connectivity index (χ2n) is 5.80. The second-order valence-corrected chi connectivity index (χ2v) is 5.80. The Bertz CT molecular complexity index is 425. The van der Waals surface area contributed by atoms with Crippen LogP contribution in [0.3, 0.4) is 0 Å². The van der Waals surface area contributed by atoms with E-state index in [0.29, 0.717) is 12.4 Å². The molecule has 0 spiro atoms. The molecule has 0 fully saturated rings. The average molecular weight is 274 g/mol. The van der Waals surface area contributed by atoms with Gasteiger partial charge in [0.25, 0.3) is 0 Å². The molecule has 1 heterocycles. The quantitative estimate of drug-likeness (QED) is 0.650. The SMILES string of the molecule is CCCCCCCCC(=O)C1COc2ccccc2C1. The van der Waals surface area contributed by atoms with Crippen molar-refractivity contribution in [3.8, 4) is 5.75 Å². The summed E-state index contributed by atoms with van der Waals surface area (Å²) in [6.07, 6.45) is 8.98. The van der Waals surface area contributed by atoms with Crippen LogP contribution in [0, 0.1) is 5.92 Å². The molecule has 2 nitrogen and oxygen atoms in total. The van der Waals surface area contributed by atoms with Gasteiger partial charge in [0.15, 0.2) is 0 Å². The Labute approximate surface area is 122 Å². The van der Waals surface area contributed by atoms with Gasteiger partial charge in [-0.1, -0.05) is 57.2 Å². The highest BCUT2D eigenvalue weighted by atomic mass is 16.5. The lowest BCUT2D eigenvalue weighted by molar-refractivity contribution is -0.124. The number of benzene rings is 1. The van der Waals surface area contributed by atoms with E-state index in [2.05, 4.69) is 13.0 Å². The van der Waals surface area contributed by atoms with E-state index in [0.717, 1.165) is 25.0 Å². The van der Waals surface area contributed by atoms with Crippen molar-refractivity contribution in [3.05, 3.63) is 29.8 Å². The summed E-state index contributed by atoms with van der Waals surface area (Å²) >= 11 is 0. The number of carbonyl (C=O) groups is 1. The van der Waals surface area contributed by atoms with Gasteiger partial charge in [0.1, 0.15) is 11.5 Å². The summed E-state index contributed by atoms with van der Waals surface area (Å²) in [6, 6.07) is 8.06. The number of ketones is 1. The minimum absolute atomic E-state index is 0.0699. The largest absolute Gasteiger partial charge is 0.493 e. The number of carbonyl (C=O) groups excluding carboxylic acids is 1. The van der Waals surface area contributed by atoms with Gasteiger partial charge in [-0.3, -0.25) is 4.79 Å². The molecular weight excluding hydrogens is 248 g/mol. The first-order chi connectivity index (χ1) is 9.81. The van der Waals surface area contributed by atoms with E-state index in [1.807, 2.05) is 18.2 Å². The summed E-state index contributed by atoms with van der Waals surface area (Å²) in [5.74, 6) is 1.41. The third kappa shape index (κ3) is 4.36. The van der Waals surface area contributed by atoms with Crippen molar-refractivity contribution in [2.75, 3.05) is 6.61 Å². The van der Waals surface area contributed by atoms with Gasteiger partial charge in [-0.2, -0.15) is 0 Å². The molecule has 0 radical (unpaired) electrons. The molecular formula is C18H26O2. The van der Waals surface area contributed by atoms with E-state index in [9.17, 15) is 4.79 Å². The van der Waals surface area contributed by atoms with Gasteiger partial charge < -0.3 is 4.74 Å². The second kappa shape index (κ2) is 8.08. The van der Waals surface area contributed by atoms with E-state index >= 15 is 0 Å². The van der Waals surface area contributed by atoms with Crippen LogP contribution >= 0.6 is 0 Å². The summed E-state index contributed by atoms with van der Waals surface area (Å²) in [5.41, 5.74) is 1.18. The number of hydrogen-bond donors (Lipinski definition) is 0. The Morgan fingerprint density at radius 1 is 1.15 bits per heavy atom. The Balaban J connectivity index is 1.69. The number of fused-ring (bicyclic) bond motifs is 1. The van der Waals surface area contributed by atoms with Crippen LogP contribution in [0.15, 0.2) is 24.3 Å². The van der Waals surface area contributed by atoms with Crippen LogP contribution in [0.5, 0.6) is 5.75 Å². The first-order valence-corrected chi connectivity index (χ1v) is 8.04. The van der Waals surface area contributed by atoms with Gasteiger partial charge in [0.05, 0.1) is 12.5 Å². The minimum Gasteiger partial charge on any atom is -0.493 e. The topological polar surface area (TPSA) is 26.3 Å². The number of Topliss-reactive ketones (excluding diaryl/α,β-unsaturated/α-hetero) is 1. The summed E-state index contributed by atoms with van der Waals surface area (Å²) in [4.78, 5) is 12.2. The smallest absolute Gasteiger partial charge is 0.139 e. The van der Waals surface area contributed by atoms with E-state index < -0.39 is 0 Å². The van der Waals surface area contributed by atoms with Gasteiger partial charge in [-0.05, 0) is 24.5 Å². The number of unbranched alkanes of at least 4 members (excludes halogenated alkanes) is 5.